The van der Waals surface area contributed by atoms with Crippen LogP contribution in [0.5, 0.6) is 11.5 Å². The summed E-state index contributed by atoms with van der Waals surface area (Å²) >= 11 is 0. The number of carbonyl (C=O) groups is 2. The van der Waals surface area contributed by atoms with Crippen molar-refractivity contribution in [2.24, 2.45) is 11.3 Å². The Balaban J connectivity index is 3.42. The second-order valence-corrected chi connectivity index (χ2v) is 11.4. The fourth-order valence-electron chi connectivity index (χ4n) is 3.88. The monoisotopic (exact) mass is 452 g/mol. The van der Waals surface area contributed by atoms with Crippen molar-refractivity contribution in [1.82, 2.24) is 0 Å². The first-order valence-corrected chi connectivity index (χ1v) is 11.3. The van der Waals surface area contributed by atoms with E-state index in [0.29, 0.717) is 11.5 Å². The van der Waals surface area contributed by atoms with Gasteiger partial charge in [-0.15, -0.1) is 0 Å². The second kappa shape index (κ2) is 10.6. The van der Waals surface area contributed by atoms with E-state index >= 15 is 0 Å². The third-order valence-corrected chi connectivity index (χ3v) is 5.63. The molecule has 0 aliphatic heterocycles. The summed E-state index contributed by atoms with van der Waals surface area (Å²) in [4.78, 5) is 26.6. The van der Waals surface area contributed by atoms with Gasteiger partial charge in [-0.2, -0.15) is 0 Å². The van der Waals surface area contributed by atoms with Crippen molar-refractivity contribution >= 4 is 20.2 Å². The fraction of sp³-hybridized carbons (Fsp3) is 0.667. The summed E-state index contributed by atoms with van der Waals surface area (Å²) in [5.41, 5.74) is -0.521. The van der Waals surface area contributed by atoms with Crippen molar-refractivity contribution in [2.75, 3.05) is 14.2 Å². The molecule has 0 amide bonds. The topological polar surface area (TPSA) is 78.9 Å². The van der Waals surface area contributed by atoms with Gasteiger partial charge in [-0.3, -0.25) is 14.2 Å². The number of esters is 1. The lowest BCUT2D eigenvalue weighted by Gasteiger charge is -2.33. The van der Waals surface area contributed by atoms with Crippen LogP contribution in [0.4, 0.5) is 0 Å². The van der Waals surface area contributed by atoms with Crippen LogP contribution in [-0.2, 0) is 14.1 Å². The van der Waals surface area contributed by atoms with Crippen molar-refractivity contribution in [3.63, 3.8) is 0 Å². The molecule has 0 N–H and O–H groups in total. The van der Waals surface area contributed by atoms with Crippen molar-refractivity contribution < 1.29 is 28.4 Å². The highest BCUT2D eigenvalue weighted by molar-refractivity contribution is 7.28. The number of ether oxygens (including phenoxy) is 3. The molecule has 1 aromatic rings. The number of methoxy groups -OCH3 is 2. The molecule has 0 saturated carbocycles. The van der Waals surface area contributed by atoms with E-state index in [1.165, 1.54) is 14.2 Å². The Morgan fingerprint density at radius 2 is 1.48 bits per heavy atom. The van der Waals surface area contributed by atoms with Crippen LogP contribution >= 0.6 is 8.46 Å². The molecule has 1 rings (SSSR count). The predicted molar refractivity (Wildman–Crippen MR) is 123 cm³/mol. The molecule has 0 saturated heterocycles. The van der Waals surface area contributed by atoms with Gasteiger partial charge in [0.15, 0.2) is 19.4 Å². The van der Waals surface area contributed by atoms with Gasteiger partial charge in [0.25, 0.3) is 0 Å². The number of rotatable bonds is 10. The van der Waals surface area contributed by atoms with Gasteiger partial charge in [-0.25, -0.2) is 0 Å². The summed E-state index contributed by atoms with van der Waals surface area (Å²) in [5, 5.41) is -1.50. The molecule has 31 heavy (non-hydrogen) atoms. The Kier molecular flexibility index (Phi) is 9.25. The molecule has 6 nitrogen and oxygen atoms in total. The standard InChI is InChI=1S/C24H37O6P/c1-16(13-22(2,3)4)14-24(31-27,21(26)30-23(5,6)7)15-17(25)20-18(28-8)11-10-12-19(20)29-9/h10-12,16H,13-15H2,1-9H3. The lowest BCUT2D eigenvalue weighted by Crippen LogP contribution is -2.42. The Morgan fingerprint density at radius 1 is 0.968 bits per heavy atom. The van der Waals surface area contributed by atoms with Gasteiger partial charge < -0.3 is 14.2 Å². The molecular weight excluding hydrogens is 415 g/mol. The maximum Gasteiger partial charge on any atom is 0.324 e. The molecule has 0 spiro atoms. The summed E-state index contributed by atoms with van der Waals surface area (Å²) in [6.07, 6.45) is 0.783. The summed E-state index contributed by atoms with van der Waals surface area (Å²) in [5.74, 6) is -0.298. The van der Waals surface area contributed by atoms with Gasteiger partial charge in [0.05, 0.1) is 14.2 Å². The SMILES string of the molecule is COc1cccc(OC)c1C(=O)CC(CC(C)CC(C)(C)C)(P=O)C(=O)OC(C)(C)C. The molecule has 0 aliphatic carbocycles. The van der Waals surface area contributed by atoms with E-state index in [0.717, 1.165) is 6.42 Å². The summed E-state index contributed by atoms with van der Waals surface area (Å²) in [6.45, 7) is 13.6. The number of carbonyl (C=O) groups excluding carboxylic acids is 2. The van der Waals surface area contributed by atoms with E-state index in [9.17, 15) is 14.2 Å². The van der Waals surface area contributed by atoms with E-state index in [2.05, 4.69) is 20.8 Å². The molecule has 7 heteroatoms. The summed E-state index contributed by atoms with van der Waals surface area (Å²) in [6, 6.07) is 5.02. The first-order valence-electron chi connectivity index (χ1n) is 10.5. The first kappa shape index (κ1) is 27.1. The maximum atomic E-state index is 13.4. The third-order valence-electron chi connectivity index (χ3n) is 4.76. The van der Waals surface area contributed by atoms with E-state index in [1.807, 2.05) is 6.92 Å². The number of hydrogen-bond donors (Lipinski definition) is 0. The molecule has 0 aromatic heterocycles. The highest BCUT2D eigenvalue weighted by atomic mass is 31.1. The molecule has 0 aliphatic rings. The van der Waals surface area contributed by atoms with E-state index in [4.69, 9.17) is 14.2 Å². The Hall–Kier alpha value is -1.94. The van der Waals surface area contributed by atoms with Crippen LogP contribution in [0, 0.1) is 11.3 Å². The molecule has 0 radical (unpaired) electrons. The van der Waals surface area contributed by atoms with Crippen molar-refractivity contribution in [3.05, 3.63) is 23.8 Å². The normalized spacial score (nSPS) is 15.1. The first-order chi connectivity index (χ1) is 14.2. The lowest BCUT2D eigenvalue weighted by atomic mass is 9.79. The fourth-order valence-corrected chi connectivity index (χ4v) is 4.60. The molecular formula is C24H37O6P. The number of ketones is 1. The van der Waals surface area contributed by atoms with Crippen LogP contribution in [0.15, 0.2) is 18.2 Å². The second-order valence-electron chi connectivity index (χ2n) is 10.3. The summed E-state index contributed by atoms with van der Waals surface area (Å²) < 4.78 is 28.8. The minimum absolute atomic E-state index is 0.0226. The van der Waals surface area contributed by atoms with Crippen molar-refractivity contribution in [3.8, 4) is 11.5 Å². The van der Waals surface area contributed by atoms with Crippen LogP contribution in [-0.4, -0.2) is 36.7 Å². The van der Waals surface area contributed by atoms with Crippen LogP contribution in [0.2, 0.25) is 0 Å². The highest BCUT2D eigenvalue weighted by Crippen LogP contribution is 2.42. The van der Waals surface area contributed by atoms with Gasteiger partial charge in [0, 0.05) is 6.42 Å². The van der Waals surface area contributed by atoms with Crippen molar-refractivity contribution in [2.45, 2.75) is 78.5 Å². The largest absolute Gasteiger partial charge is 0.496 e. The minimum Gasteiger partial charge on any atom is -0.496 e. The van der Waals surface area contributed by atoms with Gasteiger partial charge in [0.1, 0.15) is 22.7 Å². The highest BCUT2D eigenvalue weighted by Gasteiger charge is 2.47. The molecule has 0 fully saturated rings. The van der Waals surface area contributed by atoms with Crippen LogP contribution in [0.25, 0.3) is 0 Å². The number of benzene rings is 1. The lowest BCUT2D eigenvalue weighted by molar-refractivity contribution is -0.158. The zero-order valence-electron chi connectivity index (χ0n) is 20.3. The quantitative estimate of drug-likeness (QED) is 0.242. The predicted octanol–water partition coefficient (Wildman–Crippen LogP) is 6.11. The average molecular weight is 453 g/mol. The number of Topliss-reactive ketones (excluding diaryl/α,β-unsaturated/α-hetero) is 1. The minimum atomic E-state index is -1.50. The molecule has 174 valence electrons. The van der Waals surface area contributed by atoms with Gasteiger partial charge in [-0.1, -0.05) is 33.8 Å². The molecule has 0 bridgehead atoms. The van der Waals surface area contributed by atoms with Crippen LogP contribution in [0.1, 0.15) is 78.1 Å². The Bertz CT molecular complexity index is 768. The average Bonchev–Trinajstić information content (AvgIpc) is 2.63. The summed E-state index contributed by atoms with van der Waals surface area (Å²) in [7, 11) is 2.48. The zero-order chi connectivity index (χ0) is 24.0. The van der Waals surface area contributed by atoms with E-state index < -0.39 is 25.2 Å². The number of hydrogen-bond acceptors (Lipinski definition) is 6. The smallest absolute Gasteiger partial charge is 0.324 e. The molecule has 2 unspecified atom stereocenters. The third kappa shape index (κ3) is 7.92. The van der Waals surface area contributed by atoms with E-state index in [1.54, 1.807) is 39.0 Å². The molecule has 1 aromatic carbocycles. The van der Waals surface area contributed by atoms with Gasteiger partial charge >= 0.3 is 5.97 Å². The van der Waals surface area contributed by atoms with Crippen LogP contribution in [0.3, 0.4) is 0 Å². The zero-order valence-corrected chi connectivity index (χ0v) is 21.2. The maximum absolute atomic E-state index is 13.4. The van der Waals surface area contributed by atoms with Gasteiger partial charge in [0.2, 0.25) is 0 Å². The Labute approximate surface area is 188 Å². The Morgan fingerprint density at radius 3 is 1.87 bits per heavy atom. The van der Waals surface area contributed by atoms with Crippen LogP contribution < -0.4 is 9.47 Å². The molecule has 0 heterocycles. The van der Waals surface area contributed by atoms with Gasteiger partial charge in [-0.05, 0) is 57.1 Å². The molecule has 2 atom stereocenters. The van der Waals surface area contributed by atoms with Crippen molar-refractivity contribution in [1.29, 1.82) is 0 Å². The van der Waals surface area contributed by atoms with E-state index in [-0.39, 0.29) is 35.5 Å².